The molecule has 4 atom stereocenters. The fraction of sp³-hybridized carbons (Fsp3) is 0.136. The van der Waals surface area contributed by atoms with E-state index in [1.165, 1.54) is 0 Å². The Balaban J connectivity index is 0.876. The summed E-state index contributed by atoms with van der Waals surface area (Å²) in [6, 6.07) is 73.9. The van der Waals surface area contributed by atoms with Crippen molar-refractivity contribution in [1.29, 1.82) is 0 Å². The van der Waals surface area contributed by atoms with Crippen LogP contribution in [-0.4, -0.2) is 39.9 Å². The van der Waals surface area contributed by atoms with Gasteiger partial charge in [-0.3, -0.25) is 0 Å². The maximum Gasteiger partial charge on any atom is 0.172 e. The lowest BCUT2D eigenvalue weighted by Crippen LogP contribution is -2.12. The van der Waals surface area contributed by atoms with Gasteiger partial charge in [0.25, 0.3) is 0 Å². The SMILES string of the molecule is CCC1c2cc3c4cc2Oc2cc5nc(-c6ccccc6)[nH]c5cc2Oc2cc5c(cc21)C(CC)c1cc2c(cc1Oc1cc6[nH]c(-c7ccccc7)nc6cc1O5)Oc1cc5nc(-c6ccccc6)[nH]c5cc1Oc1cc(c(cc1C2CC)C3CC)Oc1cc2nc(-c3ccccc3)[nH]c2cc1O4. The molecular formula is C88H64N8O8. The molecule has 0 spiro atoms. The average molecular weight is 1360 g/mol. The molecule has 104 heavy (non-hydrogen) atoms. The van der Waals surface area contributed by atoms with Crippen molar-refractivity contribution in [2.45, 2.75) is 77.0 Å². The number of aromatic nitrogens is 8. The summed E-state index contributed by atoms with van der Waals surface area (Å²) in [5.74, 6) is 9.85. The molecule has 0 fully saturated rings. The highest BCUT2D eigenvalue weighted by molar-refractivity contribution is 5.88. The second-order valence-electron chi connectivity index (χ2n) is 27.4. The fourth-order valence-electron chi connectivity index (χ4n) is 16.3. The van der Waals surface area contributed by atoms with Gasteiger partial charge in [0.05, 0.1) is 44.1 Å². The van der Waals surface area contributed by atoms with Crippen LogP contribution >= 0.6 is 0 Å². The van der Waals surface area contributed by atoms with Crippen molar-refractivity contribution in [2.24, 2.45) is 0 Å². The third-order valence-corrected chi connectivity index (χ3v) is 21.3. The van der Waals surface area contributed by atoms with Crippen molar-refractivity contribution in [3.8, 4) is 138 Å². The lowest BCUT2D eigenvalue weighted by molar-refractivity contribution is 0.401. The molecule has 12 aromatic carbocycles. The zero-order chi connectivity index (χ0) is 69.0. The van der Waals surface area contributed by atoms with Crippen LogP contribution in [0.25, 0.3) is 89.7 Å². The Morgan fingerprint density at radius 1 is 0.221 bits per heavy atom. The monoisotopic (exact) mass is 1360 g/mol. The largest absolute Gasteiger partial charge is 0.453 e. The Labute approximate surface area is 596 Å². The first-order chi connectivity index (χ1) is 51.2. The number of rotatable bonds is 8. The van der Waals surface area contributed by atoms with E-state index < -0.39 is 0 Å². The Morgan fingerprint density at radius 2 is 0.404 bits per heavy atom. The van der Waals surface area contributed by atoms with Gasteiger partial charge in [-0.25, -0.2) is 19.9 Å². The van der Waals surface area contributed by atoms with Crippen LogP contribution in [0.1, 0.15) is 122 Å². The van der Waals surface area contributed by atoms with Crippen LogP contribution in [0.2, 0.25) is 0 Å². The number of hydrogen-bond acceptors (Lipinski definition) is 12. The van der Waals surface area contributed by atoms with E-state index in [1.54, 1.807) is 0 Å². The molecule has 16 heteroatoms. The molecule has 16 nitrogen and oxygen atoms in total. The first-order valence-corrected chi connectivity index (χ1v) is 35.7. The van der Waals surface area contributed by atoms with Crippen LogP contribution in [0.3, 0.4) is 0 Å². The number of nitrogens with one attached hydrogen (secondary N) is 4. The number of imidazole rings is 4. The third kappa shape index (κ3) is 9.65. The van der Waals surface area contributed by atoms with E-state index in [9.17, 15) is 0 Å². The van der Waals surface area contributed by atoms with Crippen LogP contribution in [0.15, 0.2) is 218 Å². The van der Waals surface area contributed by atoms with Gasteiger partial charge in [-0.15, -0.1) is 0 Å². The second kappa shape index (κ2) is 23.2. The predicted octanol–water partition coefficient (Wildman–Crippen LogP) is 23.9. The normalized spacial score (nSPS) is 16.3. The number of hydrogen-bond donors (Lipinski definition) is 4. The number of aromatic amines is 4. The van der Waals surface area contributed by atoms with E-state index >= 15 is 0 Å². The molecule has 4 aliphatic heterocycles. The minimum Gasteiger partial charge on any atom is -0.453 e. The molecule has 21 rings (SSSR count). The number of nitrogens with zero attached hydrogens (tertiary/aromatic N) is 4. The van der Waals surface area contributed by atoms with Gasteiger partial charge in [-0.2, -0.15) is 0 Å². The molecule has 16 aromatic rings. The lowest BCUT2D eigenvalue weighted by Gasteiger charge is -2.29. The summed E-state index contributed by atoms with van der Waals surface area (Å²) < 4.78 is 60.5. The molecule has 5 aliphatic rings. The summed E-state index contributed by atoms with van der Waals surface area (Å²) >= 11 is 0. The molecule has 4 N–H and O–H groups in total. The van der Waals surface area contributed by atoms with Gasteiger partial charge in [-0.1, -0.05) is 149 Å². The standard InChI is InChI=1S/C88H64N8O8/c1-5-49-53-29-55-50(6-2)57-31-59-52(8-4)60-32-58-51(7-3)56-30-54(49)70-42-72(56)100-80-36-64-66(94-87(92-64)47-25-17-11-18-26-47)38-82(80)102-74(58)44-76(60)104-84-40-68-67(95-88(96-68)48-27-19-12-20-28-48)39-83(84)103-75(59)43-73(57)101-81-37-65-63(91-86(93-65)46-23-15-10-16-24-46)35-79(81)99-71(55)41-69(53)97-77-33-61-62(34-78(77)98-70)90-85(89-61)45-21-13-9-14-22-45/h9-44,49-52H,5-8H2,1-4H3,(H,89,90)(H,91,93)(H,92,94)(H,95,96). The van der Waals surface area contributed by atoms with Crippen LogP contribution < -0.4 is 37.9 Å². The van der Waals surface area contributed by atoms with Crippen molar-refractivity contribution in [1.82, 2.24) is 39.9 Å². The lowest BCUT2D eigenvalue weighted by atomic mass is 9.77. The van der Waals surface area contributed by atoms with E-state index in [-0.39, 0.29) is 23.7 Å². The predicted molar refractivity (Wildman–Crippen MR) is 401 cm³/mol. The van der Waals surface area contributed by atoms with E-state index in [0.29, 0.717) is 163 Å². The summed E-state index contributed by atoms with van der Waals surface area (Å²) in [7, 11) is 0. The van der Waals surface area contributed by atoms with E-state index in [1.807, 2.05) is 170 Å². The Hall–Kier alpha value is -13.1. The van der Waals surface area contributed by atoms with Gasteiger partial charge >= 0.3 is 0 Å². The summed E-state index contributed by atoms with van der Waals surface area (Å²) in [4.78, 5) is 35.2. The van der Waals surface area contributed by atoms with Crippen LogP contribution in [0.5, 0.6) is 92.0 Å². The van der Waals surface area contributed by atoms with Crippen molar-refractivity contribution >= 4 is 44.1 Å². The molecule has 0 radical (unpaired) electrons. The average Bonchev–Trinajstić information content (AvgIpc) is 1.40. The smallest absolute Gasteiger partial charge is 0.172 e. The van der Waals surface area contributed by atoms with Gasteiger partial charge < -0.3 is 57.8 Å². The topological polar surface area (TPSA) is 189 Å². The molecule has 1 aliphatic carbocycles. The molecule has 0 saturated heterocycles. The van der Waals surface area contributed by atoms with E-state index in [2.05, 4.69) is 96.2 Å². The zero-order valence-corrected chi connectivity index (χ0v) is 57.0. The molecule has 504 valence electrons. The number of ether oxygens (including phenoxy) is 8. The van der Waals surface area contributed by atoms with Crippen molar-refractivity contribution in [2.75, 3.05) is 0 Å². The number of H-pyrrole nitrogens is 4. The summed E-state index contributed by atoms with van der Waals surface area (Å²) in [5.41, 5.74) is 17.1. The van der Waals surface area contributed by atoms with Crippen molar-refractivity contribution < 1.29 is 37.9 Å². The molecule has 8 heterocycles. The van der Waals surface area contributed by atoms with Gasteiger partial charge in [0.1, 0.15) is 69.3 Å². The molecule has 4 unspecified atom stereocenters. The fourth-order valence-corrected chi connectivity index (χ4v) is 16.3. The highest BCUT2D eigenvalue weighted by atomic mass is 16.5. The Kier molecular flexibility index (Phi) is 13.4. The van der Waals surface area contributed by atoms with Crippen molar-refractivity contribution in [3.63, 3.8) is 0 Å². The van der Waals surface area contributed by atoms with E-state index in [0.717, 1.165) is 88.8 Å². The van der Waals surface area contributed by atoms with Crippen LogP contribution in [-0.2, 0) is 0 Å². The summed E-state index contributed by atoms with van der Waals surface area (Å²) in [6.07, 6.45) is 2.55. The number of benzene rings is 12. The van der Waals surface area contributed by atoms with Gasteiger partial charge in [0.2, 0.25) is 0 Å². The highest BCUT2D eigenvalue weighted by Crippen LogP contribution is 2.60. The first kappa shape index (κ1) is 59.8. The van der Waals surface area contributed by atoms with Crippen molar-refractivity contribution in [3.05, 3.63) is 263 Å². The Morgan fingerprint density at radius 3 is 0.587 bits per heavy atom. The minimum atomic E-state index is -0.341. The zero-order valence-electron chi connectivity index (χ0n) is 57.0. The summed E-state index contributed by atoms with van der Waals surface area (Å²) in [5, 5.41) is 0. The molecule has 0 saturated carbocycles. The second-order valence-corrected chi connectivity index (χ2v) is 27.4. The van der Waals surface area contributed by atoms with Crippen LogP contribution in [0, 0.1) is 0 Å². The maximum atomic E-state index is 7.56. The van der Waals surface area contributed by atoms with Crippen LogP contribution in [0.4, 0.5) is 0 Å². The van der Waals surface area contributed by atoms with Gasteiger partial charge in [0, 0.05) is 163 Å². The minimum absolute atomic E-state index is 0.341. The maximum absolute atomic E-state index is 7.56. The van der Waals surface area contributed by atoms with E-state index in [4.69, 9.17) is 57.8 Å². The molecular weight excluding hydrogens is 1300 g/mol. The van der Waals surface area contributed by atoms with Gasteiger partial charge in [0.15, 0.2) is 46.0 Å². The molecule has 4 aromatic heterocycles. The molecule has 0 amide bonds. The molecule has 8 bridgehead atoms. The quantitative estimate of drug-likeness (QED) is 0.113. The van der Waals surface area contributed by atoms with Gasteiger partial charge in [-0.05, 0) is 49.9 Å². The first-order valence-electron chi connectivity index (χ1n) is 35.7. The highest BCUT2D eigenvalue weighted by Gasteiger charge is 2.39. The Bertz CT molecular complexity index is 5200. The third-order valence-electron chi connectivity index (χ3n) is 21.3. The summed E-state index contributed by atoms with van der Waals surface area (Å²) in [6.45, 7) is 8.92. The number of fused-ring (bicyclic) bond motifs is 8.